The van der Waals surface area contributed by atoms with Crippen LogP contribution < -0.4 is 0 Å². The average Bonchev–Trinajstić information content (AvgIpc) is 2.99. The standard InChI is InChI=1S/C16H18N4O/c1-10-7-12(8-13-15(10)18-9-17-13)16-19-14(21-20-16)4-2-3-11-5-6-11/h7-9,11H,2-6H2,1H3,(H,17,18). The molecule has 1 N–H and O–H groups in total. The number of benzene rings is 1. The Kier molecular flexibility index (Phi) is 2.98. The molecule has 1 aromatic carbocycles. The van der Waals surface area contributed by atoms with Gasteiger partial charge in [0.1, 0.15) is 0 Å². The summed E-state index contributed by atoms with van der Waals surface area (Å²) >= 11 is 0. The van der Waals surface area contributed by atoms with Crippen molar-refractivity contribution in [1.82, 2.24) is 20.1 Å². The van der Waals surface area contributed by atoms with Gasteiger partial charge in [-0.15, -0.1) is 0 Å². The molecule has 0 aliphatic heterocycles. The molecule has 2 heterocycles. The van der Waals surface area contributed by atoms with Gasteiger partial charge in [0.05, 0.1) is 17.4 Å². The van der Waals surface area contributed by atoms with Gasteiger partial charge in [-0.3, -0.25) is 0 Å². The van der Waals surface area contributed by atoms with Crippen molar-refractivity contribution in [3.8, 4) is 11.4 Å². The van der Waals surface area contributed by atoms with Gasteiger partial charge in [-0.05, 0) is 43.4 Å². The van der Waals surface area contributed by atoms with Crippen LogP contribution in [-0.2, 0) is 6.42 Å². The van der Waals surface area contributed by atoms with Crippen LogP contribution in [0.5, 0.6) is 0 Å². The normalized spacial score (nSPS) is 14.9. The Hall–Kier alpha value is -2.17. The van der Waals surface area contributed by atoms with Crippen LogP contribution in [0.3, 0.4) is 0 Å². The number of aromatic nitrogens is 4. The molecule has 0 amide bonds. The average molecular weight is 282 g/mol. The number of nitrogens with one attached hydrogen (secondary N) is 1. The van der Waals surface area contributed by atoms with E-state index in [1.54, 1.807) is 6.33 Å². The summed E-state index contributed by atoms with van der Waals surface area (Å²) in [5.41, 5.74) is 4.09. The zero-order valence-electron chi connectivity index (χ0n) is 12.1. The second kappa shape index (κ2) is 4.98. The van der Waals surface area contributed by atoms with Gasteiger partial charge in [-0.25, -0.2) is 4.98 Å². The molecule has 1 aliphatic rings. The Bertz CT molecular complexity index is 770. The SMILES string of the molecule is Cc1cc(-c2noc(CCCC3CC3)n2)cc2[nH]cnc12. The van der Waals surface area contributed by atoms with Crippen molar-refractivity contribution in [2.45, 2.75) is 39.0 Å². The first-order valence-corrected chi connectivity index (χ1v) is 7.56. The van der Waals surface area contributed by atoms with E-state index in [-0.39, 0.29) is 0 Å². The Morgan fingerprint density at radius 3 is 3.10 bits per heavy atom. The summed E-state index contributed by atoms with van der Waals surface area (Å²) in [6.45, 7) is 2.04. The van der Waals surface area contributed by atoms with Crippen LogP contribution >= 0.6 is 0 Å². The fraction of sp³-hybridized carbons (Fsp3) is 0.438. The van der Waals surface area contributed by atoms with Gasteiger partial charge in [-0.1, -0.05) is 18.0 Å². The maximum Gasteiger partial charge on any atom is 0.226 e. The molecule has 21 heavy (non-hydrogen) atoms. The smallest absolute Gasteiger partial charge is 0.226 e. The summed E-state index contributed by atoms with van der Waals surface area (Å²) in [7, 11) is 0. The minimum atomic E-state index is 0.663. The zero-order valence-corrected chi connectivity index (χ0v) is 12.1. The van der Waals surface area contributed by atoms with Crippen molar-refractivity contribution in [2.24, 2.45) is 5.92 Å². The summed E-state index contributed by atoms with van der Waals surface area (Å²) in [4.78, 5) is 12.0. The quantitative estimate of drug-likeness (QED) is 0.775. The second-order valence-corrected chi connectivity index (χ2v) is 5.94. The Balaban J connectivity index is 1.54. The van der Waals surface area contributed by atoms with E-state index in [1.807, 2.05) is 13.0 Å². The van der Waals surface area contributed by atoms with E-state index in [0.717, 1.165) is 46.8 Å². The van der Waals surface area contributed by atoms with E-state index in [4.69, 9.17) is 4.52 Å². The maximum atomic E-state index is 5.37. The Morgan fingerprint density at radius 2 is 2.24 bits per heavy atom. The highest BCUT2D eigenvalue weighted by Crippen LogP contribution is 2.33. The highest BCUT2D eigenvalue weighted by molar-refractivity contribution is 5.83. The highest BCUT2D eigenvalue weighted by atomic mass is 16.5. The van der Waals surface area contributed by atoms with Crippen LogP contribution in [0, 0.1) is 12.8 Å². The van der Waals surface area contributed by atoms with Crippen molar-refractivity contribution >= 4 is 11.0 Å². The van der Waals surface area contributed by atoms with Gasteiger partial charge in [-0.2, -0.15) is 4.98 Å². The van der Waals surface area contributed by atoms with Gasteiger partial charge >= 0.3 is 0 Å². The summed E-state index contributed by atoms with van der Waals surface area (Å²) < 4.78 is 5.37. The molecule has 5 heteroatoms. The molecule has 0 radical (unpaired) electrons. The molecular weight excluding hydrogens is 264 g/mol. The number of aromatic amines is 1. The molecule has 2 aromatic heterocycles. The number of fused-ring (bicyclic) bond motifs is 1. The lowest BCUT2D eigenvalue weighted by Crippen LogP contribution is -1.88. The third kappa shape index (κ3) is 2.55. The third-order valence-electron chi connectivity index (χ3n) is 4.14. The van der Waals surface area contributed by atoms with Crippen LogP contribution in [0.2, 0.25) is 0 Å². The van der Waals surface area contributed by atoms with Crippen LogP contribution in [0.1, 0.15) is 37.1 Å². The lowest BCUT2D eigenvalue weighted by Gasteiger charge is -1.98. The van der Waals surface area contributed by atoms with Crippen LogP contribution in [0.4, 0.5) is 0 Å². The monoisotopic (exact) mass is 282 g/mol. The van der Waals surface area contributed by atoms with Gasteiger partial charge in [0.25, 0.3) is 0 Å². The molecule has 1 aliphatic carbocycles. The lowest BCUT2D eigenvalue weighted by molar-refractivity contribution is 0.373. The van der Waals surface area contributed by atoms with E-state index in [0.29, 0.717) is 5.82 Å². The molecule has 0 bridgehead atoms. The molecule has 4 rings (SSSR count). The van der Waals surface area contributed by atoms with Crippen LogP contribution in [0.25, 0.3) is 22.4 Å². The molecule has 0 unspecified atom stereocenters. The largest absolute Gasteiger partial charge is 0.345 e. The maximum absolute atomic E-state index is 5.37. The van der Waals surface area contributed by atoms with Gasteiger partial charge in [0, 0.05) is 12.0 Å². The second-order valence-electron chi connectivity index (χ2n) is 5.94. The fourth-order valence-electron chi connectivity index (χ4n) is 2.78. The van der Waals surface area contributed by atoms with Crippen LogP contribution in [0.15, 0.2) is 23.0 Å². The highest BCUT2D eigenvalue weighted by Gasteiger charge is 2.20. The topological polar surface area (TPSA) is 67.6 Å². The number of nitrogens with zero attached hydrogens (tertiary/aromatic N) is 3. The van der Waals surface area contributed by atoms with Crippen molar-refractivity contribution in [2.75, 3.05) is 0 Å². The predicted molar refractivity (Wildman–Crippen MR) is 79.8 cm³/mol. The number of rotatable bonds is 5. The summed E-state index contributed by atoms with van der Waals surface area (Å²) in [5, 5.41) is 4.11. The van der Waals surface area contributed by atoms with E-state index < -0.39 is 0 Å². The minimum absolute atomic E-state index is 0.663. The van der Waals surface area contributed by atoms with Gasteiger partial charge in [0.2, 0.25) is 11.7 Å². The minimum Gasteiger partial charge on any atom is -0.345 e. The first kappa shape index (κ1) is 12.6. The molecular formula is C16H18N4O. The predicted octanol–water partition coefficient (Wildman–Crippen LogP) is 3.65. The summed E-state index contributed by atoms with van der Waals surface area (Å²) in [5.74, 6) is 2.36. The number of H-pyrrole nitrogens is 1. The number of imidazole rings is 1. The van der Waals surface area contributed by atoms with E-state index >= 15 is 0 Å². The molecule has 0 atom stereocenters. The third-order valence-corrected chi connectivity index (χ3v) is 4.14. The number of aryl methyl sites for hydroxylation is 2. The van der Waals surface area contributed by atoms with Gasteiger partial charge < -0.3 is 9.51 Å². The van der Waals surface area contributed by atoms with Crippen molar-refractivity contribution in [3.05, 3.63) is 29.9 Å². The zero-order chi connectivity index (χ0) is 14.2. The first-order valence-electron chi connectivity index (χ1n) is 7.56. The van der Waals surface area contributed by atoms with Crippen LogP contribution in [-0.4, -0.2) is 20.1 Å². The molecule has 0 spiro atoms. The Labute approximate surface area is 122 Å². The lowest BCUT2D eigenvalue weighted by atomic mass is 10.1. The fourth-order valence-corrected chi connectivity index (χ4v) is 2.78. The number of hydrogen-bond donors (Lipinski definition) is 1. The van der Waals surface area contributed by atoms with Crippen molar-refractivity contribution < 1.29 is 4.52 Å². The first-order chi connectivity index (χ1) is 10.3. The Morgan fingerprint density at radius 1 is 1.33 bits per heavy atom. The molecule has 3 aromatic rings. The van der Waals surface area contributed by atoms with Gasteiger partial charge in [0.15, 0.2) is 0 Å². The summed E-state index contributed by atoms with van der Waals surface area (Å²) in [6, 6.07) is 4.08. The van der Waals surface area contributed by atoms with E-state index in [2.05, 4.69) is 26.2 Å². The van der Waals surface area contributed by atoms with E-state index in [1.165, 1.54) is 19.3 Å². The summed E-state index contributed by atoms with van der Waals surface area (Å²) in [6.07, 6.45) is 7.83. The molecule has 1 saturated carbocycles. The molecule has 5 nitrogen and oxygen atoms in total. The van der Waals surface area contributed by atoms with Crippen molar-refractivity contribution in [1.29, 1.82) is 0 Å². The number of hydrogen-bond acceptors (Lipinski definition) is 4. The molecule has 0 saturated heterocycles. The van der Waals surface area contributed by atoms with Crippen molar-refractivity contribution in [3.63, 3.8) is 0 Å². The molecule has 1 fully saturated rings. The van der Waals surface area contributed by atoms with E-state index in [9.17, 15) is 0 Å². The molecule has 108 valence electrons.